The zero-order valence-corrected chi connectivity index (χ0v) is 12.5. The quantitative estimate of drug-likeness (QED) is 0.678. The Labute approximate surface area is 138 Å². The largest absolute Gasteiger partial charge is 0.447 e. The second-order valence-corrected chi connectivity index (χ2v) is 5.34. The minimum absolute atomic E-state index is 0.00101. The van der Waals surface area contributed by atoms with E-state index in [4.69, 9.17) is 9.26 Å². The number of halogens is 2. The van der Waals surface area contributed by atoms with Gasteiger partial charge in [-0.1, -0.05) is 5.16 Å². The van der Waals surface area contributed by atoms with E-state index in [1.165, 1.54) is 4.90 Å². The van der Waals surface area contributed by atoms with Gasteiger partial charge in [0.2, 0.25) is 11.4 Å². The summed E-state index contributed by atoms with van der Waals surface area (Å²) in [4.78, 5) is 28.2. The maximum atomic E-state index is 14.1. The molecule has 1 fully saturated rings. The van der Waals surface area contributed by atoms with Crippen LogP contribution in [0.15, 0.2) is 35.1 Å². The molecule has 0 aliphatic carbocycles. The predicted octanol–water partition coefficient (Wildman–Crippen LogP) is 3.01. The van der Waals surface area contributed by atoms with E-state index in [0.29, 0.717) is 0 Å². The summed E-state index contributed by atoms with van der Waals surface area (Å²) in [5.41, 5.74) is -0.260. The number of amides is 1. The average Bonchev–Trinajstić information content (AvgIpc) is 3.22. The van der Waals surface area contributed by atoms with Gasteiger partial charge in [0.05, 0.1) is 10.9 Å². The van der Waals surface area contributed by atoms with Gasteiger partial charge in [0.1, 0.15) is 12.6 Å². The normalized spacial score (nSPS) is 17.1. The number of ether oxygens (including phenoxy) is 1. The minimum Gasteiger partial charge on any atom is -0.447 e. The average molecular weight is 345 g/mol. The lowest BCUT2D eigenvalue weighted by atomic mass is 10.1. The number of pyridine rings is 1. The number of aromatic nitrogens is 2. The fourth-order valence-electron chi connectivity index (χ4n) is 2.77. The van der Waals surface area contributed by atoms with E-state index in [1.54, 1.807) is 24.5 Å². The van der Waals surface area contributed by atoms with Gasteiger partial charge in [-0.15, -0.1) is 0 Å². The second-order valence-electron chi connectivity index (χ2n) is 5.34. The zero-order chi connectivity index (χ0) is 17.6. The van der Waals surface area contributed by atoms with Crippen molar-refractivity contribution in [3.8, 4) is 0 Å². The molecule has 1 unspecified atom stereocenters. The van der Waals surface area contributed by atoms with E-state index in [-0.39, 0.29) is 24.1 Å². The van der Waals surface area contributed by atoms with Gasteiger partial charge < -0.3 is 9.26 Å². The maximum Gasteiger partial charge on any atom is 0.416 e. The number of benzene rings is 1. The Hall–Kier alpha value is -3.36. The lowest BCUT2D eigenvalue weighted by Gasteiger charge is -2.18. The Kier molecular flexibility index (Phi) is 3.41. The molecule has 0 N–H and O–H groups in total. The molecule has 3 aromatic rings. The van der Waals surface area contributed by atoms with E-state index in [0.717, 1.165) is 11.6 Å². The van der Waals surface area contributed by atoms with Crippen molar-refractivity contribution in [1.82, 2.24) is 10.1 Å². The molecule has 25 heavy (non-hydrogen) atoms. The zero-order valence-electron chi connectivity index (χ0n) is 12.5. The van der Waals surface area contributed by atoms with Gasteiger partial charge in [0, 0.05) is 12.4 Å². The number of carbonyl (C=O) groups is 2. The van der Waals surface area contributed by atoms with Crippen molar-refractivity contribution >= 4 is 29.2 Å². The molecule has 0 saturated carbocycles. The number of fused-ring (bicyclic) bond motifs is 1. The van der Waals surface area contributed by atoms with E-state index >= 15 is 0 Å². The van der Waals surface area contributed by atoms with Crippen LogP contribution in [0.1, 0.15) is 22.0 Å². The van der Waals surface area contributed by atoms with E-state index in [1.807, 2.05) is 0 Å². The summed E-state index contributed by atoms with van der Waals surface area (Å²) in [6, 6.07) is 3.93. The molecule has 1 aliphatic rings. The van der Waals surface area contributed by atoms with Crippen molar-refractivity contribution in [1.29, 1.82) is 0 Å². The van der Waals surface area contributed by atoms with Crippen molar-refractivity contribution in [2.45, 2.75) is 6.04 Å². The van der Waals surface area contributed by atoms with Crippen LogP contribution in [0.25, 0.3) is 11.0 Å². The van der Waals surface area contributed by atoms with Gasteiger partial charge in [0.15, 0.2) is 17.9 Å². The molecular weight excluding hydrogens is 336 g/mol. The molecule has 1 amide bonds. The van der Waals surface area contributed by atoms with E-state index < -0.39 is 34.9 Å². The molecule has 2 aromatic heterocycles. The molecule has 1 atom stereocenters. The first-order valence-corrected chi connectivity index (χ1v) is 7.20. The summed E-state index contributed by atoms with van der Waals surface area (Å²) >= 11 is 0. The fraction of sp³-hybridized carbons (Fsp3) is 0.125. The van der Waals surface area contributed by atoms with Crippen LogP contribution in [-0.2, 0) is 4.74 Å². The third kappa shape index (κ3) is 2.24. The maximum absolute atomic E-state index is 14.1. The van der Waals surface area contributed by atoms with Crippen molar-refractivity contribution in [3.63, 3.8) is 0 Å². The number of rotatable bonds is 3. The van der Waals surface area contributed by atoms with Crippen LogP contribution < -0.4 is 4.90 Å². The third-order valence-electron chi connectivity index (χ3n) is 3.97. The highest BCUT2D eigenvalue weighted by Gasteiger charge is 2.39. The highest BCUT2D eigenvalue weighted by Crippen LogP contribution is 2.38. The lowest BCUT2D eigenvalue weighted by Crippen LogP contribution is -2.27. The van der Waals surface area contributed by atoms with Crippen molar-refractivity contribution in [2.75, 3.05) is 11.5 Å². The molecule has 3 heterocycles. The van der Waals surface area contributed by atoms with Crippen molar-refractivity contribution in [2.24, 2.45) is 0 Å². The third-order valence-corrected chi connectivity index (χ3v) is 3.97. The molecular formula is C16H9F2N3O4. The molecule has 0 radical (unpaired) electrons. The number of hydrogen-bond donors (Lipinski definition) is 0. The number of aldehydes is 1. The van der Waals surface area contributed by atoms with E-state index in [2.05, 4.69) is 10.1 Å². The summed E-state index contributed by atoms with van der Waals surface area (Å²) in [5.74, 6) is -2.73. The molecule has 7 nitrogen and oxygen atoms in total. The van der Waals surface area contributed by atoms with Crippen LogP contribution in [0, 0.1) is 11.6 Å². The molecule has 0 bridgehead atoms. The first-order chi connectivity index (χ1) is 12.1. The molecule has 1 saturated heterocycles. The Morgan fingerprint density at radius 3 is 2.72 bits per heavy atom. The Balaban J connectivity index is 1.89. The smallest absolute Gasteiger partial charge is 0.416 e. The first-order valence-electron chi connectivity index (χ1n) is 7.20. The van der Waals surface area contributed by atoms with Gasteiger partial charge in [0.25, 0.3) is 0 Å². The fourth-order valence-corrected chi connectivity index (χ4v) is 2.77. The van der Waals surface area contributed by atoms with Gasteiger partial charge in [-0.05, 0) is 23.8 Å². The highest BCUT2D eigenvalue weighted by molar-refractivity contribution is 6.01. The SMILES string of the molecule is O=Cc1cc2c(N3C(=O)OCC3c3ccncc3)noc2c(F)c1F. The molecule has 126 valence electrons. The monoisotopic (exact) mass is 345 g/mol. The Morgan fingerprint density at radius 1 is 1.24 bits per heavy atom. The van der Waals surface area contributed by atoms with Crippen LogP contribution in [0.2, 0.25) is 0 Å². The summed E-state index contributed by atoms with van der Waals surface area (Å²) < 4.78 is 37.7. The number of carbonyl (C=O) groups excluding carboxylic acids is 2. The van der Waals surface area contributed by atoms with Gasteiger partial charge in [-0.3, -0.25) is 9.78 Å². The van der Waals surface area contributed by atoms with Crippen LogP contribution in [-0.4, -0.2) is 29.1 Å². The summed E-state index contributed by atoms with van der Waals surface area (Å²) in [7, 11) is 0. The summed E-state index contributed by atoms with van der Waals surface area (Å²) in [6.07, 6.45) is 2.57. The van der Waals surface area contributed by atoms with Crippen molar-refractivity contribution in [3.05, 3.63) is 53.4 Å². The highest BCUT2D eigenvalue weighted by atomic mass is 19.2. The molecule has 9 heteroatoms. The van der Waals surface area contributed by atoms with Crippen LogP contribution >= 0.6 is 0 Å². The van der Waals surface area contributed by atoms with Gasteiger partial charge in [-0.25, -0.2) is 14.1 Å². The van der Waals surface area contributed by atoms with Crippen LogP contribution in [0.4, 0.5) is 19.4 Å². The topological polar surface area (TPSA) is 85.5 Å². The Bertz CT molecular complexity index is 990. The number of hydrogen-bond acceptors (Lipinski definition) is 6. The summed E-state index contributed by atoms with van der Waals surface area (Å²) in [5, 5.41) is 3.69. The van der Waals surface area contributed by atoms with Crippen LogP contribution in [0.3, 0.4) is 0 Å². The molecule has 1 aliphatic heterocycles. The van der Waals surface area contributed by atoms with E-state index in [9.17, 15) is 18.4 Å². The molecule has 4 rings (SSSR count). The van der Waals surface area contributed by atoms with Gasteiger partial charge >= 0.3 is 6.09 Å². The molecule has 1 aromatic carbocycles. The first kappa shape index (κ1) is 15.2. The summed E-state index contributed by atoms with van der Waals surface area (Å²) in [6.45, 7) is 0.0431. The molecule has 0 spiro atoms. The Morgan fingerprint density at radius 2 is 2.00 bits per heavy atom. The lowest BCUT2D eigenvalue weighted by molar-refractivity contribution is 0.111. The number of cyclic esters (lactones) is 1. The number of nitrogens with zero attached hydrogens (tertiary/aromatic N) is 3. The number of anilines is 1. The second kappa shape index (κ2) is 5.62. The van der Waals surface area contributed by atoms with Crippen molar-refractivity contribution < 1.29 is 27.6 Å². The predicted molar refractivity (Wildman–Crippen MR) is 80.1 cm³/mol. The minimum atomic E-state index is -1.34. The van der Waals surface area contributed by atoms with Gasteiger partial charge in [-0.2, -0.15) is 4.39 Å². The standard InChI is InChI=1S/C16H9F2N3O4/c17-12-9(6-22)5-10-14(13(12)18)25-20-15(10)21-11(7-24-16(21)23)8-1-3-19-4-2-8/h1-6,11H,7H2. The van der Waals surface area contributed by atoms with Crippen LogP contribution in [0.5, 0.6) is 0 Å².